The van der Waals surface area contributed by atoms with Crippen LogP contribution in [0.2, 0.25) is 0 Å². The fraction of sp³-hybridized carbons (Fsp3) is 0.607. The second-order valence-electron chi connectivity index (χ2n) is 12.0. The Labute approximate surface area is 209 Å². The molecule has 2 bridgehead atoms. The molecule has 192 valence electrons. The number of hydrogen-bond donors (Lipinski definition) is 3. The zero-order chi connectivity index (χ0) is 25.3. The highest BCUT2D eigenvalue weighted by Gasteiger charge is 2.79. The number of rotatable bonds is 2. The highest BCUT2D eigenvalue weighted by Crippen LogP contribution is 2.70. The molecule has 2 spiro atoms. The van der Waals surface area contributed by atoms with E-state index in [-0.39, 0.29) is 17.8 Å². The van der Waals surface area contributed by atoms with Gasteiger partial charge in [-0.05, 0) is 75.0 Å². The number of nitrogens with zero attached hydrogens (tertiary/aromatic N) is 2. The lowest BCUT2D eigenvalue weighted by molar-refractivity contribution is -0.308. The lowest BCUT2D eigenvalue weighted by Gasteiger charge is -2.62. The molecule has 3 heterocycles. The van der Waals surface area contributed by atoms with Gasteiger partial charge in [0.15, 0.2) is 17.6 Å². The van der Waals surface area contributed by atoms with Gasteiger partial charge in [-0.15, -0.1) is 0 Å². The van der Waals surface area contributed by atoms with Crippen LogP contribution in [0.3, 0.4) is 0 Å². The first-order valence-electron chi connectivity index (χ1n) is 12.9. The van der Waals surface area contributed by atoms with Gasteiger partial charge in [-0.25, -0.2) is 9.37 Å². The quantitative estimate of drug-likeness (QED) is 0.550. The lowest BCUT2D eigenvalue weighted by atomic mass is 9.55. The number of alkyl halides is 1. The largest absolute Gasteiger partial charge is 0.443 e. The molecule has 7 nitrogen and oxygen atoms in total. The van der Waals surface area contributed by atoms with Crippen LogP contribution in [0.15, 0.2) is 46.7 Å². The predicted molar refractivity (Wildman–Crippen MR) is 131 cm³/mol. The van der Waals surface area contributed by atoms with E-state index in [9.17, 15) is 15.3 Å². The molecule has 7 rings (SSSR count). The molecule has 9 atom stereocenters. The van der Waals surface area contributed by atoms with E-state index in [0.717, 1.165) is 23.1 Å². The molecule has 2 aromatic rings. The average Bonchev–Trinajstić information content (AvgIpc) is 3.55. The third-order valence-electron chi connectivity index (χ3n) is 10.4. The topological polar surface area (TPSA) is 99.2 Å². The van der Waals surface area contributed by atoms with Crippen LogP contribution in [0, 0.1) is 11.3 Å². The number of benzene rings is 1. The molecular weight excluding hydrogens is 463 g/mol. The third kappa shape index (κ3) is 2.48. The number of aliphatic hydroxyl groups is 3. The summed E-state index contributed by atoms with van der Waals surface area (Å²) in [5.74, 6) is 0.0193. The Morgan fingerprint density at radius 2 is 1.94 bits per heavy atom. The van der Waals surface area contributed by atoms with Crippen molar-refractivity contribution in [3.63, 3.8) is 0 Å². The van der Waals surface area contributed by atoms with Gasteiger partial charge in [0.2, 0.25) is 0 Å². The summed E-state index contributed by atoms with van der Waals surface area (Å²) < 4.78 is 29.4. The van der Waals surface area contributed by atoms with Gasteiger partial charge in [0.1, 0.15) is 23.3 Å². The van der Waals surface area contributed by atoms with Crippen molar-refractivity contribution in [3.05, 3.63) is 47.9 Å². The van der Waals surface area contributed by atoms with E-state index < -0.39 is 41.2 Å². The molecule has 5 aliphatic rings. The molecular formula is C28H33FN2O5. The average molecular weight is 497 g/mol. The van der Waals surface area contributed by atoms with E-state index in [1.54, 1.807) is 0 Å². The SMILES string of the molecule is CN(C)C1CC23CCC4(O2)C(=CCC2(C)C(c5ccc6ncoc6c5)=CCC24)C(O)C3(F)C(O)C1O. The molecule has 3 N–H and O–H groups in total. The minimum atomic E-state index is -2.47. The molecule has 0 amide bonds. The molecule has 1 saturated carbocycles. The summed E-state index contributed by atoms with van der Waals surface area (Å²) in [4.78, 5) is 6.04. The Morgan fingerprint density at radius 1 is 1.14 bits per heavy atom. The van der Waals surface area contributed by atoms with E-state index in [4.69, 9.17) is 9.15 Å². The Morgan fingerprint density at radius 3 is 2.72 bits per heavy atom. The summed E-state index contributed by atoms with van der Waals surface area (Å²) in [7, 11) is 3.63. The van der Waals surface area contributed by atoms with Crippen LogP contribution in [0.1, 0.15) is 44.6 Å². The number of aliphatic hydroxyl groups excluding tert-OH is 3. The van der Waals surface area contributed by atoms with E-state index in [2.05, 4.69) is 24.1 Å². The van der Waals surface area contributed by atoms with Crippen LogP contribution in [-0.4, -0.2) is 80.5 Å². The number of oxazole rings is 1. The molecule has 1 aromatic heterocycles. The first-order chi connectivity index (χ1) is 17.1. The number of aromatic nitrogens is 1. The number of halogens is 1. The summed E-state index contributed by atoms with van der Waals surface area (Å²) >= 11 is 0. The molecule has 9 unspecified atom stereocenters. The van der Waals surface area contributed by atoms with E-state index in [1.165, 1.54) is 12.0 Å². The number of allylic oxidation sites excluding steroid dienone is 3. The summed E-state index contributed by atoms with van der Waals surface area (Å²) in [6, 6.07) is 5.59. The van der Waals surface area contributed by atoms with Crippen LogP contribution >= 0.6 is 0 Å². The lowest BCUT2D eigenvalue weighted by Crippen LogP contribution is -2.78. The smallest absolute Gasteiger partial charge is 0.197 e. The standard InChI is InChI=1S/C28H33FN2O5/c1-25-9-8-17-23(33)28(29)24(34)22(32)19(31(2)3)13-26(28)10-11-27(17,36-26)21(25)7-5-16(25)15-4-6-18-20(12-15)35-14-30-18/h4-6,8,12,14,19,21-24,32-34H,7,9-11,13H2,1-3H3. The van der Waals surface area contributed by atoms with E-state index >= 15 is 4.39 Å². The molecule has 3 fully saturated rings. The van der Waals surface area contributed by atoms with Crippen molar-refractivity contribution in [3.8, 4) is 0 Å². The minimum Gasteiger partial charge on any atom is -0.443 e. The van der Waals surface area contributed by atoms with Crippen molar-refractivity contribution in [2.45, 2.75) is 80.3 Å². The maximum absolute atomic E-state index is 17.0. The van der Waals surface area contributed by atoms with Gasteiger partial charge in [-0.1, -0.05) is 25.1 Å². The predicted octanol–water partition coefficient (Wildman–Crippen LogP) is 2.99. The fourth-order valence-corrected chi connectivity index (χ4v) is 8.55. The zero-order valence-corrected chi connectivity index (χ0v) is 20.8. The van der Waals surface area contributed by atoms with Gasteiger partial charge < -0.3 is 29.4 Å². The van der Waals surface area contributed by atoms with Crippen molar-refractivity contribution in [2.75, 3.05) is 14.1 Å². The van der Waals surface area contributed by atoms with Crippen LogP contribution < -0.4 is 0 Å². The van der Waals surface area contributed by atoms with E-state index in [1.807, 2.05) is 37.2 Å². The zero-order valence-electron chi connectivity index (χ0n) is 20.8. The highest BCUT2D eigenvalue weighted by atomic mass is 19.1. The van der Waals surface area contributed by atoms with Gasteiger partial charge in [-0.2, -0.15) is 0 Å². The van der Waals surface area contributed by atoms with Gasteiger partial charge in [0, 0.05) is 17.4 Å². The van der Waals surface area contributed by atoms with Crippen molar-refractivity contribution in [1.82, 2.24) is 9.88 Å². The summed E-state index contributed by atoms with van der Waals surface area (Å²) in [5.41, 5.74) is -0.545. The van der Waals surface area contributed by atoms with Crippen LogP contribution in [0.5, 0.6) is 0 Å². The maximum Gasteiger partial charge on any atom is 0.197 e. The Kier molecular flexibility index (Phi) is 4.52. The summed E-state index contributed by atoms with van der Waals surface area (Å²) in [5, 5.41) is 33.5. The normalized spacial score (nSPS) is 47.4. The van der Waals surface area contributed by atoms with Crippen LogP contribution in [0.4, 0.5) is 4.39 Å². The Hall–Kier alpha value is -2.10. The third-order valence-corrected chi connectivity index (χ3v) is 10.4. The first-order valence-corrected chi connectivity index (χ1v) is 12.9. The molecule has 8 heteroatoms. The number of fused-ring (bicyclic) bond motifs is 2. The van der Waals surface area contributed by atoms with Gasteiger partial charge in [-0.3, -0.25) is 0 Å². The molecule has 36 heavy (non-hydrogen) atoms. The monoisotopic (exact) mass is 496 g/mol. The van der Waals surface area contributed by atoms with Gasteiger partial charge in [0.25, 0.3) is 0 Å². The molecule has 3 aliphatic carbocycles. The van der Waals surface area contributed by atoms with Crippen molar-refractivity contribution in [2.24, 2.45) is 11.3 Å². The highest BCUT2D eigenvalue weighted by molar-refractivity contribution is 5.82. The van der Waals surface area contributed by atoms with E-state index in [0.29, 0.717) is 24.8 Å². The summed E-state index contributed by atoms with van der Waals surface area (Å²) in [6.07, 6.45) is 3.62. The Bertz CT molecular complexity index is 1320. The number of likely N-dealkylation sites (N-methyl/N-ethyl adjacent to an activating group) is 1. The molecule has 2 aliphatic heterocycles. The first kappa shape index (κ1) is 23.0. The second-order valence-corrected chi connectivity index (χ2v) is 12.0. The number of hydrogen-bond acceptors (Lipinski definition) is 7. The molecule has 0 radical (unpaired) electrons. The van der Waals surface area contributed by atoms with Crippen molar-refractivity contribution in [1.29, 1.82) is 0 Å². The van der Waals surface area contributed by atoms with Gasteiger partial charge >= 0.3 is 0 Å². The molecule has 1 aromatic carbocycles. The second kappa shape index (κ2) is 7.05. The van der Waals surface area contributed by atoms with Crippen LogP contribution in [0.25, 0.3) is 16.7 Å². The number of ether oxygens (including phenoxy) is 1. The van der Waals surface area contributed by atoms with Crippen molar-refractivity contribution >= 4 is 16.7 Å². The van der Waals surface area contributed by atoms with Crippen LogP contribution in [-0.2, 0) is 4.74 Å². The fourth-order valence-electron chi connectivity index (χ4n) is 8.55. The van der Waals surface area contributed by atoms with Crippen molar-refractivity contribution < 1.29 is 28.9 Å². The maximum atomic E-state index is 17.0. The van der Waals surface area contributed by atoms with Gasteiger partial charge in [0.05, 0.1) is 11.7 Å². The Balaban J connectivity index is 1.32. The molecule has 2 saturated heterocycles. The minimum absolute atomic E-state index is 0.0193. The summed E-state index contributed by atoms with van der Waals surface area (Å²) in [6.45, 7) is 2.24.